The Balaban J connectivity index is 0.000000185. The van der Waals surface area contributed by atoms with E-state index < -0.39 is 0 Å². The summed E-state index contributed by atoms with van der Waals surface area (Å²) in [5.74, 6) is 0. The van der Waals surface area contributed by atoms with Gasteiger partial charge >= 0.3 is 0 Å². The van der Waals surface area contributed by atoms with Gasteiger partial charge < -0.3 is 0 Å². The van der Waals surface area contributed by atoms with E-state index in [0.29, 0.717) is 0 Å². The number of rotatable bonds is 0. The molecule has 0 heteroatoms. The molecule has 3 rings (SSSR count). The maximum atomic E-state index is 3.15. The molecule has 1 aliphatic rings. The van der Waals surface area contributed by atoms with E-state index in [4.69, 9.17) is 0 Å². The molecule has 0 amide bonds. The average molecular weight is 168 g/mol. The first-order chi connectivity index (χ1) is 6.47. The van der Waals surface area contributed by atoms with Crippen LogP contribution < -0.4 is 0 Å². The first-order valence-corrected chi connectivity index (χ1v) is 4.64. The second kappa shape index (κ2) is 4.08. The molecule has 0 spiro atoms. The van der Waals surface area contributed by atoms with E-state index in [-0.39, 0.29) is 0 Å². The summed E-state index contributed by atoms with van der Waals surface area (Å²) in [6.45, 7) is 0. The van der Waals surface area contributed by atoms with Crippen molar-refractivity contribution in [2.75, 3.05) is 0 Å². The minimum Gasteiger partial charge on any atom is -0.0616 e. The monoisotopic (exact) mass is 168 g/mol. The standard InChI is InChI=1S/C10H7.C3H5/c1-2-6-10-8-4-3-7-9(10)5-1;1-2-3-1/h1-7H;1H,2-3H2. The highest BCUT2D eigenvalue weighted by Gasteiger charge is 1.95. The van der Waals surface area contributed by atoms with Crippen molar-refractivity contribution in [1.82, 2.24) is 0 Å². The van der Waals surface area contributed by atoms with Gasteiger partial charge in [-0.15, -0.1) is 0 Å². The Kier molecular flexibility index (Phi) is 2.61. The molecule has 0 N–H and O–H groups in total. The van der Waals surface area contributed by atoms with Crippen LogP contribution in [-0.2, 0) is 0 Å². The molecule has 2 aromatic rings. The minimum absolute atomic E-state index is 1.19. The molecule has 0 aliphatic heterocycles. The zero-order chi connectivity index (χ0) is 8.93. The van der Waals surface area contributed by atoms with Crippen molar-refractivity contribution in [3.63, 3.8) is 0 Å². The van der Waals surface area contributed by atoms with Gasteiger partial charge in [-0.1, -0.05) is 42.5 Å². The SMILES string of the molecule is [CH]1CC1.[c]1cccc2ccccc12. The normalized spacial score (nSPS) is 13.2. The Morgan fingerprint density at radius 1 is 0.923 bits per heavy atom. The van der Waals surface area contributed by atoms with Crippen molar-refractivity contribution in [2.24, 2.45) is 0 Å². The van der Waals surface area contributed by atoms with Crippen molar-refractivity contribution in [2.45, 2.75) is 12.8 Å². The first-order valence-electron chi connectivity index (χ1n) is 4.64. The second-order valence-corrected chi connectivity index (χ2v) is 3.12. The predicted octanol–water partition coefficient (Wildman–Crippen LogP) is 3.62. The summed E-state index contributed by atoms with van der Waals surface area (Å²) < 4.78 is 0. The molecule has 0 heterocycles. The highest BCUT2D eigenvalue weighted by atomic mass is 14.0. The Labute approximate surface area is 79.2 Å². The van der Waals surface area contributed by atoms with Crippen molar-refractivity contribution in [1.29, 1.82) is 0 Å². The fourth-order valence-corrected chi connectivity index (χ4v) is 1.06. The van der Waals surface area contributed by atoms with Gasteiger partial charge in [0.05, 0.1) is 0 Å². The summed E-state index contributed by atoms with van der Waals surface area (Å²) >= 11 is 0. The molecule has 64 valence electrons. The Bertz CT molecular complexity index is 306. The quantitative estimate of drug-likeness (QED) is 0.563. The third-order valence-corrected chi connectivity index (χ3v) is 1.86. The zero-order valence-corrected chi connectivity index (χ0v) is 7.53. The van der Waals surface area contributed by atoms with Crippen LogP contribution in [0.2, 0.25) is 0 Å². The van der Waals surface area contributed by atoms with E-state index in [1.807, 2.05) is 24.3 Å². The lowest BCUT2D eigenvalue weighted by atomic mass is 10.1. The first kappa shape index (κ1) is 8.31. The Morgan fingerprint density at radius 3 is 2.31 bits per heavy atom. The summed E-state index contributed by atoms with van der Waals surface area (Å²) in [6.07, 6.45) is 5.00. The maximum absolute atomic E-state index is 3.15. The molecule has 0 atom stereocenters. The van der Waals surface area contributed by atoms with Crippen LogP contribution >= 0.6 is 0 Å². The van der Waals surface area contributed by atoms with Crippen LogP contribution in [0.5, 0.6) is 0 Å². The van der Waals surface area contributed by atoms with Crippen LogP contribution in [0.15, 0.2) is 42.5 Å². The lowest BCUT2D eigenvalue weighted by Gasteiger charge is -1.91. The van der Waals surface area contributed by atoms with E-state index in [2.05, 4.69) is 30.7 Å². The lowest BCUT2D eigenvalue weighted by molar-refractivity contribution is 1.50. The van der Waals surface area contributed by atoms with Crippen LogP contribution in [0, 0.1) is 12.5 Å². The minimum atomic E-state index is 1.19. The highest BCUT2D eigenvalue weighted by molar-refractivity contribution is 5.81. The molecule has 2 aromatic carbocycles. The topological polar surface area (TPSA) is 0 Å². The van der Waals surface area contributed by atoms with Gasteiger partial charge in [0, 0.05) is 0 Å². The predicted molar refractivity (Wildman–Crippen MR) is 56.3 cm³/mol. The van der Waals surface area contributed by atoms with Crippen molar-refractivity contribution in [3.05, 3.63) is 55.0 Å². The summed E-state index contributed by atoms with van der Waals surface area (Å²) in [4.78, 5) is 0. The summed E-state index contributed by atoms with van der Waals surface area (Å²) in [5, 5.41) is 2.44. The van der Waals surface area contributed by atoms with E-state index in [1.165, 1.54) is 23.6 Å². The van der Waals surface area contributed by atoms with Gasteiger partial charge in [0.25, 0.3) is 0 Å². The fourth-order valence-electron chi connectivity index (χ4n) is 1.06. The Hall–Kier alpha value is -1.30. The second-order valence-electron chi connectivity index (χ2n) is 3.12. The molecule has 0 bridgehead atoms. The highest BCUT2D eigenvalue weighted by Crippen LogP contribution is 2.12. The van der Waals surface area contributed by atoms with Gasteiger partial charge in [0.1, 0.15) is 0 Å². The van der Waals surface area contributed by atoms with Gasteiger partial charge in [-0.25, -0.2) is 0 Å². The van der Waals surface area contributed by atoms with Gasteiger partial charge in [-0.05, 0) is 36.1 Å². The number of fused-ring (bicyclic) bond motifs is 1. The van der Waals surface area contributed by atoms with Crippen molar-refractivity contribution in [3.8, 4) is 0 Å². The third-order valence-electron chi connectivity index (χ3n) is 1.86. The van der Waals surface area contributed by atoms with E-state index in [1.54, 1.807) is 0 Å². The van der Waals surface area contributed by atoms with Crippen LogP contribution in [0.4, 0.5) is 0 Å². The maximum Gasteiger partial charge on any atom is -0.00992 e. The molecular formula is C13H12. The van der Waals surface area contributed by atoms with Gasteiger partial charge in [0.2, 0.25) is 0 Å². The number of benzene rings is 2. The molecule has 0 saturated heterocycles. The largest absolute Gasteiger partial charge is 0.0616 e. The summed E-state index contributed by atoms with van der Waals surface area (Å²) in [6, 6.07) is 17.4. The molecule has 0 nitrogen and oxygen atoms in total. The molecule has 1 aliphatic carbocycles. The van der Waals surface area contributed by atoms with E-state index in [9.17, 15) is 0 Å². The molecule has 0 aromatic heterocycles. The summed E-state index contributed by atoms with van der Waals surface area (Å²) in [7, 11) is 0. The van der Waals surface area contributed by atoms with Crippen LogP contribution in [-0.4, -0.2) is 0 Å². The van der Waals surface area contributed by atoms with Crippen LogP contribution in [0.3, 0.4) is 0 Å². The summed E-state index contributed by atoms with van der Waals surface area (Å²) in [5.41, 5.74) is 0. The van der Waals surface area contributed by atoms with Crippen molar-refractivity contribution >= 4 is 10.8 Å². The van der Waals surface area contributed by atoms with Gasteiger partial charge in [-0.2, -0.15) is 0 Å². The number of hydrogen-bond acceptors (Lipinski definition) is 0. The molecule has 1 fully saturated rings. The third kappa shape index (κ3) is 2.59. The van der Waals surface area contributed by atoms with Crippen LogP contribution in [0.1, 0.15) is 12.8 Å². The molecule has 1 saturated carbocycles. The van der Waals surface area contributed by atoms with E-state index >= 15 is 0 Å². The zero-order valence-electron chi connectivity index (χ0n) is 7.53. The lowest BCUT2D eigenvalue weighted by Crippen LogP contribution is -1.67. The number of hydrogen-bond donors (Lipinski definition) is 0. The molecule has 13 heavy (non-hydrogen) atoms. The smallest absolute Gasteiger partial charge is 0.00992 e. The fraction of sp³-hybridized carbons (Fsp3) is 0.154. The van der Waals surface area contributed by atoms with Crippen LogP contribution in [0.25, 0.3) is 10.8 Å². The molecular weight excluding hydrogens is 156 g/mol. The Morgan fingerprint density at radius 2 is 1.62 bits per heavy atom. The van der Waals surface area contributed by atoms with E-state index in [0.717, 1.165) is 0 Å². The average Bonchev–Trinajstić information content (AvgIpc) is 3.05. The van der Waals surface area contributed by atoms with Crippen molar-refractivity contribution < 1.29 is 0 Å². The molecule has 0 unspecified atom stereocenters. The van der Waals surface area contributed by atoms with Gasteiger partial charge in [0.15, 0.2) is 0 Å². The van der Waals surface area contributed by atoms with Gasteiger partial charge in [-0.3, -0.25) is 0 Å². The molecule has 2 radical (unpaired) electrons.